The Kier molecular flexibility index (Phi) is 6.73. The topological polar surface area (TPSA) is 98.2 Å². The average Bonchev–Trinajstić information content (AvgIpc) is 3.13. The van der Waals surface area contributed by atoms with Crippen molar-refractivity contribution in [3.05, 3.63) is 88.8 Å². The van der Waals surface area contributed by atoms with Crippen molar-refractivity contribution in [2.45, 2.75) is 19.5 Å². The van der Waals surface area contributed by atoms with Gasteiger partial charge in [0, 0.05) is 30.1 Å². The Morgan fingerprint density at radius 3 is 2.37 bits per heavy atom. The lowest BCUT2D eigenvalue weighted by Gasteiger charge is -2.27. The molecule has 0 bridgehead atoms. The third-order valence-corrected chi connectivity index (χ3v) is 6.02. The molecule has 0 spiro atoms. The van der Waals surface area contributed by atoms with Gasteiger partial charge in [-0.05, 0) is 60.5 Å². The molecule has 1 aromatic heterocycles. The van der Waals surface area contributed by atoms with Gasteiger partial charge in [-0.15, -0.1) is 0 Å². The third-order valence-electron chi connectivity index (χ3n) is 6.02. The third kappa shape index (κ3) is 4.42. The SMILES string of the molecule is COc1ccc(OC)c([C@@H]2/C(=C(\O)c3ccc(OC)c(C)c3)C(=O)C(=O)N2Cc2cccnc2)c1. The molecule has 1 fully saturated rings. The van der Waals surface area contributed by atoms with Crippen LogP contribution in [0, 0.1) is 6.92 Å². The van der Waals surface area contributed by atoms with Gasteiger partial charge in [-0.2, -0.15) is 0 Å². The lowest BCUT2D eigenvalue weighted by Crippen LogP contribution is -2.29. The minimum absolute atomic E-state index is 0.0324. The summed E-state index contributed by atoms with van der Waals surface area (Å²) in [4.78, 5) is 32.2. The first kappa shape index (κ1) is 23.8. The van der Waals surface area contributed by atoms with Crippen LogP contribution in [0.2, 0.25) is 0 Å². The molecule has 1 saturated heterocycles. The smallest absolute Gasteiger partial charge is 0.295 e. The summed E-state index contributed by atoms with van der Waals surface area (Å²) >= 11 is 0. The van der Waals surface area contributed by atoms with Crippen molar-refractivity contribution in [1.82, 2.24) is 9.88 Å². The Morgan fingerprint density at radius 1 is 1.00 bits per heavy atom. The highest BCUT2D eigenvalue weighted by Crippen LogP contribution is 2.44. The summed E-state index contributed by atoms with van der Waals surface area (Å²) in [5.74, 6) is -0.175. The minimum Gasteiger partial charge on any atom is -0.507 e. The summed E-state index contributed by atoms with van der Waals surface area (Å²) in [6, 6.07) is 12.9. The number of benzene rings is 2. The molecule has 3 aromatic rings. The van der Waals surface area contributed by atoms with E-state index in [0.29, 0.717) is 28.4 Å². The van der Waals surface area contributed by atoms with E-state index in [1.807, 2.05) is 13.0 Å². The Balaban J connectivity index is 1.94. The lowest BCUT2D eigenvalue weighted by molar-refractivity contribution is -0.140. The number of carbonyl (C=O) groups is 2. The van der Waals surface area contributed by atoms with Crippen molar-refractivity contribution in [3.63, 3.8) is 0 Å². The summed E-state index contributed by atoms with van der Waals surface area (Å²) in [6.07, 6.45) is 3.26. The first-order chi connectivity index (χ1) is 16.9. The van der Waals surface area contributed by atoms with Gasteiger partial charge in [0.05, 0.1) is 32.9 Å². The number of likely N-dealkylation sites (tertiary alicyclic amines) is 1. The van der Waals surface area contributed by atoms with E-state index < -0.39 is 17.7 Å². The predicted molar refractivity (Wildman–Crippen MR) is 129 cm³/mol. The molecule has 2 heterocycles. The molecule has 1 N–H and O–H groups in total. The lowest BCUT2D eigenvalue weighted by atomic mass is 9.93. The van der Waals surface area contributed by atoms with Crippen molar-refractivity contribution in [2.75, 3.05) is 21.3 Å². The monoisotopic (exact) mass is 474 g/mol. The quantitative estimate of drug-likeness (QED) is 0.314. The standard InChI is InChI=1S/C27H26N2O6/c1-16-12-18(7-9-21(16)34-3)25(30)23-24(20-13-19(33-2)8-10-22(20)35-4)29(27(32)26(23)31)15-17-6-5-11-28-14-17/h5-14,24,30H,15H2,1-4H3/b25-23+/t24-/m1/s1. The fourth-order valence-electron chi connectivity index (χ4n) is 4.29. The number of pyridine rings is 1. The number of amides is 1. The Bertz CT molecular complexity index is 1300. The second-order valence-corrected chi connectivity index (χ2v) is 8.08. The molecule has 0 saturated carbocycles. The number of aliphatic hydroxyl groups is 1. The molecule has 0 unspecified atom stereocenters. The van der Waals surface area contributed by atoms with E-state index in [0.717, 1.165) is 11.1 Å². The van der Waals surface area contributed by atoms with E-state index in [1.54, 1.807) is 62.0 Å². The molecule has 1 atom stereocenters. The number of Topliss-reactive ketones (excluding diaryl/α,β-unsaturated/α-hetero) is 1. The zero-order valence-corrected chi connectivity index (χ0v) is 19.9. The molecule has 4 rings (SSSR count). The first-order valence-corrected chi connectivity index (χ1v) is 10.9. The van der Waals surface area contributed by atoms with Gasteiger partial charge >= 0.3 is 0 Å². The van der Waals surface area contributed by atoms with Crippen LogP contribution in [0.3, 0.4) is 0 Å². The summed E-state index contributed by atoms with van der Waals surface area (Å²) in [7, 11) is 4.59. The van der Waals surface area contributed by atoms with Gasteiger partial charge in [-0.1, -0.05) is 6.07 Å². The van der Waals surface area contributed by atoms with Crippen LogP contribution < -0.4 is 14.2 Å². The van der Waals surface area contributed by atoms with Gasteiger partial charge in [-0.25, -0.2) is 0 Å². The number of aryl methyl sites for hydroxylation is 1. The molecule has 1 aliphatic rings. The molecule has 1 amide bonds. The highest BCUT2D eigenvalue weighted by atomic mass is 16.5. The van der Waals surface area contributed by atoms with Gasteiger partial charge in [0.15, 0.2) is 0 Å². The number of nitrogens with zero attached hydrogens (tertiary/aromatic N) is 2. The van der Waals surface area contributed by atoms with Crippen molar-refractivity contribution in [1.29, 1.82) is 0 Å². The number of rotatable bonds is 7. The van der Waals surface area contributed by atoms with Crippen LogP contribution in [0.25, 0.3) is 5.76 Å². The van der Waals surface area contributed by atoms with Gasteiger partial charge in [0.1, 0.15) is 23.0 Å². The van der Waals surface area contributed by atoms with E-state index in [2.05, 4.69) is 4.98 Å². The molecule has 0 aliphatic carbocycles. The number of methoxy groups -OCH3 is 3. The van der Waals surface area contributed by atoms with Crippen LogP contribution in [-0.2, 0) is 16.1 Å². The molecular formula is C27H26N2O6. The Labute approximate surface area is 203 Å². The number of hydrogen-bond acceptors (Lipinski definition) is 7. The maximum atomic E-state index is 13.3. The summed E-state index contributed by atoms with van der Waals surface area (Å²) in [5.41, 5.74) is 2.39. The van der Waals surface area contributed by atoms with E-state index in [1.165, 1.54) is 19.1 Å². The first-order valence-electron chi connectivity index (χ1n) is 10.9. The van der Waals surface area contributed by atoms with Gasteiger partial charge in [0.25, 0.3) is 11.7 Å². The number of aliphatic hydroxyl groups excluding tert-OH is 1. The van der Waals surface area contributed by atoms with Gasteiger partial charge < -0.3 is 24.2 Å². The number of aromatic nitrogens is 1. The van der Waals surface area contributed by atoms with Crippen molar-refractivity contribution in [2.24, 2.45) is 0 Å². The van der Waals surface area contributed by atoms with Crippen molar-refractivity contribution >= 4 is 17.4 Å². The second kappa shape index (κ2) is 9.89. The minimum atomic E-state index is -0.914. The molecule has 1 aliphatic heterocycles. The summed E-state index contributed by atoms with van der Waals surface area (Å²) < 4.78 is 16.3. The normalized spacial score (nSPS) is 16.9. The molecule has 35 heavy (non-hydrogen) atoms. The van der Waals surface area contributed by atoms with Crippen LogP contribution in [0.1, 0.15) is 28.3 Å². The fraction of sp³-hybridized carbons (Fsp3) is 0.222. The molecule has 8 heteroatoms. The van der Waals surface area contributed by atoms with E-state index in [9.17, 15) is 14.7 Å². The number of hydrogen-bond donors (Lipinski definition) is 1. The summed E-state index contributed by atoms with van der Waals surface area (Å²) in [6.45, 7) is 1.95. The predicted octanol–water partition coefficient (Wildman–Crippen LogP) is 4.04. The number of ether oxygens (including phenoxy) is 3. The van der Waals surface area contributed by atoms with Crippen molar-refractivity contribution in [3.8, 4) is 17.2 Å². The van der Waals surface area contributed by atoms with Crippen molar-refractivity contribution < 1.29 is 28.9 Å². The van der Waals surface area contributed by atoms with Gasteiger partial charge in [0.2, 0.25) is 0 Å². The Hall–Kier alpha value is -4.33. The van der Waals surface area contributed by atoms with E-state index >= 15 is 0 Å². The van der Waals surface area contributed by atoms with Crippen LogP contribution in [0.15, 0.2) is 66.5 Å². The molecular weight excluding hydrogens is 448 g/mol. The number of carbonyl (C=O) groups excluding carboxylic acids is 2. The van der Waals surface area contributed by atoms with E-state index in [-0.39, 0.29) is 17.9 Å². The molecule has 0 radical (unpaired) electrons. The summed E-state index contributed by atoms with van der Waals surface area (Å²) in [5, 5.41) is 11.4. The zero-order valence-electron chi connectivity index (χ0n) is 19.9. The second-order valence-electron chi connectivity index (χ2n) is 8.08. The largest absolute Gasteiger partial charge is 0.507 e. The molecule has 2 aromatic carbocycles. The molecule has 8 nitrogen and oxygen atoms in total. The van der Waals surface area contributed by atoms with E-state index in [4.69, 9.17) is 14.2 Å². The van der Waals surface area contributed by atoms with Crippen LogP contribution in [0.4, 0.5) is 0 Å². The van der Waals surface area contributed by atoms with Crippen LogP contribution in [-0.4, -0.2) is 48.0 Å². The highest BCUT2D eigenvalue weighted by Gasteiger charge is 2.47. The maximum Gasteiger partial charge on any atom is 0.295 e. The fourth-order valence-corrected chi connectivity index (χ4v) is 4.29. The van der Waals surface area contributed by atoms with Crippen LogP contribution >= 0.6 is 0 Å². The number of ketones is 1. The average molecular weight is 475 g/mol. The van der Waals surface area contributed by atoms with Gasteiger partial charge in [-0.3, -0.25) is 14.6 Å². The van der Waals surface area contributed by atoms with Crippen LogP contribution in [0.5, 0.6) is 17.2 Å². The zero-order chi connectivity index (χ0) is 25.1. The molecule has 180 valence electrons. The maximum absolute atomic E-state index is 13.3. The Morgan fingerprint density at radius 2 is 1.74 bits per heavy atom. The highest BCUT2D eigenvalue weighted by molar-refractivity contribution is 6.46.